The molecule has 0 radical (unpaired) electrons. The number of benzene rings is 1. The number of ketones is 1. The van der Waals surface area contributed by atoms with E-state index in [9.17, 15) is 9.18 Å². The van der Waals surface area contributed by atoms with Crippen LogP contribution in [0, 0.1) is 5.82 Å². The molecule has 0 bridgehead atoms. The molecule has 0 N–H and O–H groups in total. The van der Waals surface area contributed by atoms with Gasteiger partial charge >= 0.3 is 0 Å². The molecule has 0 aromatic heterocycles. The molecule has 1 heterocycles. The lowest BCUT2D eigenvalue weighted by molar-refractivity contribution is -0.134. The number of Topliss-reactive ketones (excluding diaryl/α,β-unsaturated/α-hetero) is 1. The molecular weight excluding hydrogens is 257 g/mol. The zero-order chi connectivity index (χ0) is 13.1. The highest BCUT2D eigenvalue weighted by Crippen LogP contribution is 2.19. The first kappa shape index (κ1) is 13.5. The van der Waals surface area contributed by atoms with Crippen LogP contribution < -0.4 is 0 Å². The van der Waals surface area contributed by atoms with E-state index in [1.807, 2.05) is 11.9 Å². The molecular formula is C13H15ClFNO2. The minimum absolute atomic E-state index is 0.0611. The van der Waals surface area contributed by atoms with Crippen LogP contribution in [-0.4, -0.2) is 43.5 Å². The van der Waals surface area contributed by atoms with Crippen molar-refractivity contribution >= 4 is 17.4 Å². The Balaban J connectivity index is 2.04. The van der Waals surface area contributed by atoms with E-state index >= 15 is 0 Å². The Bertz CT molecular complexity index is 453. The van der Waals surface area contributed by atoms with Crippen molar-refractivity contribution in [1.29, 1.82) is 0 Å². The smallest absolute Gasteiger partial charge is 0.167 e. The highest BCUT2D eigenvalue weighted by molar-refractivity contribution is 6.31. The summed E-state index contributed by atoms with van der Waals surface area (Å²) in [6, 6.07) is 4.04. The number of likely N-dealkylation sites (N-methyl/N-ethyl adjacent to an activating group) is 1. The average molecular weight is 272 g/mol. The number of morpholine rings is 1. The van der Waals surface area contributed by atoms with Crippen LogP contribution in [-0.2, 0) is 16.0 Å². The summed E-state index contributed by atoms with van der Waals surface area (Å²) in [5, 5.41) is 0.411. The van der Waals surface area contributed by atoms with E-state index < -0.39 is 6.10 Å². The molecule has 1 aliphatic rings. The predicted octanol–water partition coefficient (Wildman–Crippen LogP) is 1.92. The Morgan fingerprint density at radius 3 is 3.11 bits per heavy atom. The molecule has 1 fully saturated rings. The fourth-order valence-corrected chi connectivity index (χ4v) is 2.14. The molecule has 2 rings (SSSR count). The van der Waals surface area contributed by atoms with E-state index in [2.05, 4.69) is 0 Å². The summed E-state index contributed by atoms with van der Waals surface area (Å²) in [5.41, 5.74) is 0.512. The summed E-state index contributed by atoms with van der Waals surface area (Å²) in [5.74, 6) is -0.446. The molecule has 1 aliphatic heterocycles. The fraction of sp³-hybridized carbons (Fsp3) is 0.462. The number of nitrogens with zero attached hydrogens (tertiary/aromatic N) is 1. The third-order valence-corrected chi connectivity index (χ3v) is 3.37. The van der Waals surface area contributed by atoms with Gasteiger partial charge in [0.2, 0.25) is 0 Å². The van der Waals surface area contributed by atoms with Gasteiger partial charge in [-0.2, -0.15) is 0 Å². The Morgan fingerprint density at radius 2 is 2.39 bits per heavy atom. The summed E-state index contributed by atoms with van der Waals surface area (Å²) < 4.78 is 18.5. The van der Waals surface area contributed by atoms with Gasteiger partial charge in [0.1, 0.15) is 11.9 Å². The van der Waals surface area contributed by atoms with Gasteiger partial charge in [0.25, 0.3) is 0 Å². The second-order valence-electron chi connectivity index (χ2n) is 4.50. The zero-order valence-electron chi connectivity index (χ0n) is 10.2. The largest absolute Gasteiger partial charge is 0.368 e. The van der Waals surface area contributed by atoms with Crippen LogP contribution in [0.3, 0.4) is 0 Å². The first-order valence-corrected chi connectivity index (χ1v) is 6.21. The molecule has 3 nitrogen and oxygen atoms in total. The third-order valence-electron chi connectivity index (χ3n) is 3.00. The molecule has 0 spiro atoms. The number of carbonyl (C=O) groups excluding carboxylic acids is 1. The van der Waals surface area contributed by atoms with Gasteiger partial charge in [-0.3, -0.25) is 4.79 Å². The van der Waals surface area contributed by atoms with Gasteiger partial charge in [0, 0.05) is 24.5 Å². The van der Waals surface area contributed by atoms with Crippen LogP contribution in [0.2, 0.25) is 5.02 Å². The van der Waals surface area contributed by atoms with Crippen molar-refractivity contribution in [2.24, 2.45) is 0 Å². The van der Waals surface area contributed by atoms with Crippen LogP contribution in [0.5, 0.6) is 0 Å². The van der Waals surface area contributed by atoms with E-state index in [0.29, 0.717) is 23.7 Å². The fourth-order valence-electron chi connectivity index (χ4n) is 1.95. The number of ether oxygens (including phenoxy) is 1. The van der Waals surface area contributed by atoms with E-state index in [1.54, 1.807) is 0 Å². The summed E-state index contributed by atoms with van der Waals surface area (Å²) in [4.78, 5) is 14.1. The van der Waals surface area contributed by atoms with Crippen molar-refractivity contribution < 1.29 is 13.9 Å². The van der Waals surface area contributed by atoms with Crippen molar-refractivity contribution in [2.75, 3.05) is 26.7 Å². The molecule has 1 atom stereocenters. The summed E-state index contributed by atoms with van der Waals surface area (Å²) >= 11 is 5.94. The highest BCUT2D eigenvalue weighted by Gasteiger charge is 2.25. The lowest BCUT2D eigenvalue weighted by Gasteiger charge is -2.29. The molecule has 0 amide bonds. The second-order valence-corrected chi connectivity index (χ2v) is 4.91. The second kappa shape index (κ2) is 5.78. The van der Waals surface area contributed by atoms with Crippen molar-refractivity contribution in [2.45, 2.75) is 12.5 Å². The normalized spacial score (nSPS) is 20.9. The third kappa shape index (κ3) is 3.28. The Morgan fingerprint density at radius 1 is 1.61 bits per heavy atom. The van der Waals surface area contributed by atoms with Gasteiger partial charge in [0.05, 0.1) is 6.61 Å². The van der Waals surface area contributed by atoms with Crippen molar-refractivity contribution in [3.8, 4) is 0 Å². The van der Waals surface area contributed by atoms with Gasteiger partial charge in [-0.25, -0.2) is 4.39 Å². The summed E-state index contributed by atoms with van der Waals surface area (Å²) in [6.45, 7) is 1.94. The topological polar surface area (TPSA) is 29.5 Å². The molecule has 1 aromatic rings. The van der Waals surface area contributed by atoms with Crippen molar-refractivity contribution in [3.63, 3.8) is 0 Å². The molecule has 1 unspecified atom stereocenters. The SMILES string of the molecule is CN1CCOC(C(=O)Cc2cc(F)ccc2Cl)C1. The van der Waals surface area contributed by atoms with Crippen molar-refractivity contribution in [3.05, 3.63) is 34.6 Å². The molecule has 1 aromatic carbocycles. The van der Waals surface area contributed by atoms with Gasteiger partial charge in [-0.05, 0) is 30.8 Å². The number of hydrogen-bond donors (Lipinski definition) is 0. The molecule has 0 saturated carbocycles. The summed E-state index contributed by atoms with van der Waals surface area (Å²) in [6.07, 6.45) is -0.335. The van der Waals surface area contributed by atoms with Gasteiger partial charge < -0.3 is 9.64 Å². The maximum Gasteiger partial charge on any atom is 0.167 e. The maximum atomic E-state index is 13.1. The lowest BCUT2D eigenvalue weighted by Crippen LogP contribution is -2.44. The number of rotatable bonds is 3. The zero-order valence-corrected chi connectivity index (χ0v) is 10.9. The van der Waals surface area contributed by atoms with Gasteiger partial charge in [0.15, 0.2) is 5.78 Å². The quantitative estimate of drug-likeness (QED) is 0.841. The molecule has 5 heteroatoms. The number of hydrogen-bond acceptors (Lipinski definition) is 3. The number of carbonyl (C=O) groups is 1. The van der Waals surface area contributed by atoms with E-state index in [-0.39, 0.29) is 18.0 Å². The monoisotopic (exact) mass is 271 g/mol. The van der Waals surface area contributed by atoms with Gasteiger partial charge in [-0.1, -0.05) is 11.6 Å². The Kier molecular flexibility index (Phi) is 4.32. The Hall–Kier alpha value is -0.970. The minimum Gasteiger partial charge on any atom is -0.368 e. The standard InChI is InChI=1S/C13H15ClFNO2/c1-16-4-5-18-13(8-16)12(17)7-9-6-10(15)2-3-11(9)14/h2-3,6,13H,4-5,7-8H2,1H3. The van der Waals surface area contributed by atoms with Crippen LogP contribution in [0.1, 0.15) is 5.56 Å². The first-order valence-electron chi connectivity index (χ1n) is 5.83. The van der Waals surface area contributed by atoms with Crippen LogP contribution in [0.25, 0.3) is 0 Å². The number of halogens is 2. The van der Waals surface area contributed by atoms with Gasteiger partial charge in [-0.15, -0.1) is 0 Å². The lowest BCUT2D eigenvalue weighted by atomic mass is 10.0. The van der Waals surface area contributed by atoms with Crippen molar-refractivity contribution in [1.82, 2.24) is 4.90 Å². The predicted molar refractivity (Wildman–Crippen MR) is 67.4 cm³/mol. The van der Waals surface area contributed by atoms with E-state index in [1.165, 1.54) is 18.2 Å². The van der Waals surface area contributed by atoms with E-state index in [4.69, 9.17) is 16.3 Å². The molecule has 1 saturated heterocycles. The molecule has 18 heavy (non-hydrogen) atoms. The van der Waals surface area contributed by atoms with Crippen LogP contribution in [0.15, 0.2) is 18.2 Å². The average Bonchev–Trinajstić information content (AvgIpc) is 2.34. The van der Waals surface area contributed by atoms with Crippen LogP contribution in [0.4, 0.5) is 4.39 Å². The Labute approximate surface area is 110 Å². The first-order chi connectivity index (χ1) is 8.56. The highest BCUT2D eigenvalue weighted by atomic mass is 35.5. The van der Waals surface area contributed by atoms with Crippen LogP contribution >= 0.6 is 11.6 Å². The summed E-state index contributed by atoms with van der Waals surface area (Å²) in [7, 11) is 1.94. The minimum atomic E-state index is -0.442. The molecule has 98 valence electrons. The van der Waals surface area contributed by atoms with E-state index in [0.717, 1.165) is 6.54 Å². The maximum absolute atomic E-state index is 13.1. The molecule has 0 aliphatic carbocycles.